The van der Waals surface area contributed by atoms with Crippen LogP contribution in [-0.2, 0) is 0 Å². The maximum absolute atomic E-state index is 5.33. The lowest BCUT2D eigenvalue weighted by molar-refractivity contribution is 1.12. The Morgan fingerprint density at radius 3 is 2.63 bits per heavy atom. The molecule has 1 rings (SSSR count). The van der Waals surface area contributed by atoms with Crippen LogP contribution in [0.25, 0.3) is 0 Å². The molecule has 1 N–H and O–H groups in total. The number of pyridine rings is 1. The van der Waals surface area contributed by atoms with E-state index in [0.717, 1.165) is 17.0 Å². The van der Waals surface area contributed by atoms with Crippen LogP contribution in [-0.4, -0.2) is 9.97 Å². The van der Waals surface area contributed by atoms with Crippen molar-refractivity contribution < 1.29 is 0 Å². The third-order valence-corrected chi connectivity index (χ3v) is 2.48. The Balaban J connectivity index is 0.00000154. The Bertz CT molecular complexity index is 473. The SMILES string of the molecule is C=C/C=C\C=C(/C)NC(=S)c1cccnc1C.CC. The summed E-state index contributed by atoms with van der Waals surface area (Å²) in [5.74, 6) is 0. The smallest absolute Gasteiger partial charge is 0.112 e. The third-order valence-electron chi connectivity index (χ3n) is 2.16. The topological polar surface area (TPSA) is 24.9 Å². The molecule has 0 saturated heterocycles. The number of nitrogens with one attached hydrogen (secondary N) is 1. The largest absolute Gasteiger partial charge is 0.350 e. The highest BCUT2D eigenvalue weighted by molar-refractivity contribution is 7.80. The van der Waals surface area contributed by atoms with Gasteiger partial charge in [-0.3, -0.25) is 4.98 Å². The Morgan fingerprint density at radius 1 is 1.37 bits per heavy atom. The summed E-state index contributed by atoms with van der Waals surface area (Å²) in [5, 5.41) is 3.16. The minimum Gasteiger partial charge on any atom is -0.350 e. The molecule has 0 aromatic carbocycles. The zero-order valence-electron chi connectivity index (χ0n) is 12.1. The second kappa shape index (κ2) is 10.2. The van der Waals surface area contributed by atoms with E-state index in [-0.39, 0.29) is 0 Å². The molecular formula is C16H22N2S. The van der Waals surface area contributed by atoms with Crippen molar-refractivity contribution in [3.63, 3.8) is 0 Å². The summed E-state index contributed by atoms with van der Waals surface area (Å²) >= 11 is 5.33. The molecule has 0 radical (unpaired) electrons. The zero-order chi connectivity index (χ0) is 14.7. The van der Waals surface area contributed by atoms with Gasteiger partial charge in [-0.25, -0.2) is 0 Å². The number of allylic oxidation sites excluding steroid dienone is 5. The quantitative estimate of drug-likeness (QED) is 0.653. The van der Waals surface area contributed by atoms with Gasteiger partial charge in [0.15, 0.2) is 0 Å². The third kappa shape index (κ3) is 6.67. The average Bonchev–Trinajstić information content (AvgIpc) is 2.41. The van der Waals surface area contributed by atoms with Gasteiger partial charge >= 0.3 is 0 Å². The fourth-order valence-electron chi connectivity index (χ4n) is 1.29. The van der Waals surface area contributed by atoms with E-state index in [0.29, 0.717) is 4.99 Å². The van der Waals surface area contributed by atoms with Crippen LogP contribution < -0.4 is 5.32 Å². The van der Waals surface area contributed by atoms with Crippen LogP contribution in [0.5, 0.6) is 0 Å². The van der Waals surface area contributed by atoms with Crippen LogP contribution in [0, 0.1) is 6.92 Å². The van der Waals surface area contributed by atoms with Gasteiger partial charge in [-0.05, 0) is 32.1 Å². The van der Waals surface area contributed by atoms with Crippen LogP contribution in [0.2, 0.25) is 0 Å². The molecule has 0 amide bonds. The monoisotopic (exact) mass is 274 g/mol. The van der Waals surface area contributed by atoms with Crippen molar-refractivity contribution in [2.45, 2.75) is 27.7 Å². The summed E-state index contributed by atoms with van der Waals surface area (Å²) in [5.41, 5.74) is 2.87. The highest BCUT2D eigenvalue weighted by Crippen LogP contribution is 2.05. The first kappa shape index (κ1) is 17.3. The minimum absolute atomic E-state index is 0.691. The van der Waals surface area contributed by atoms with E-state index in [1.165, 1.54) is 0 Å². The zero-order valence-corrected chi connectivity index (χ0v) is 12.9. The summed E-state index contributed by atoms with van der Waals surface area (Å²) in [6.07, 6.45) is 9.21. The van der Waals surface area contributed by atoms with Gasteiger partial charge in [0.25, 0.3) is 0 Å². The second-order valence-electron chi connectivity index (χ2n) is 3.56. The molecular weight excluding hydrogens is 252 g/mol. The van der Waals surface area contributed by atoms with Gasteiger partial charge in [0.05, 0.1) is 0 Å². The first-order chi connectivity index (χ1) is 9.15. The minimum atomic E-state index is 0.691. The molecule has 1 aromatic heterocycles. The lowest BCUT2D eigenvalue weighted by Crippen LogP contribution is -2.21. The van der Waals surface area contributed by atoms with E-state index >= 15 is 0 Å². The standard InChI is InChI=1S/C14H16N2S.C2H6/c1-4-5-6-8-11(2)16-14(17)13-9-7-10-15-12(13)3;1-2/h4-10H,1H2,2-3H3,(H,16,17);1-2H3/b6-5-,11-8+;. The van der Waals surface area contributed by atoms with Gasteiger partial charge in [0.1, 0.15) is 4.99 Å². The fraction of sp³-hybridized carbons (Fsp3) is 0.250. The molecule has 1 aromatic rings. The van der Waals surface area contributed by atoms with E-state index in [1.807, 2.05) is 58.1 Å². The molecule has 3 heteroatoms. The Hall–Kier alpha value is -1.74. The van der Waals surface area contributed by atoms with Crippen LogP contribution >= 0.6 is 12.2 Å². The predicted octanol–water partition coefficient (Wildman–Crippen LogP) is 4.33. The summed E-state index contributed by atoms with van der Waals surface area (Å²) in [6, 6.07) is 3.84. The van der Waals surface area contributed by atoms with E-state index in [1.54, 1.807) is 12.3 Å². The van der Waals surface area contributed by atoms with Gasteiger partial charge in [-0.2, -0.15) is 0 Å². The van der Waals surface area contributed by atoms with E-state index in [2.05, 4.69) is 16.9 Å². The van der Waals surface area contributed by atoms with Crippen molar-refractivity contribution in [1.29, 1.82) is 0 Å². The summed E-state index contributed by atoms with van der Waals surface area (Å²) in [7, 11) is 0. The van der Waals surface area contributed by atoms with Crippen molar-refractivity contribution in [2.24, 2.45) is 0 Å². The maximum atomic E-state index is 5.33. The number of hydrogen-bond donors (Lipinski definition) is 1. The Labute approximate surface area is 122 Å². The molecule has 19 heavy (non-hydrogen) atoms. The number of nitrogens with zero attached hydrogens (tertiary/aromatic N) is 1. The highest BCUT2D eigenvalue weighted by atomic mass is 32.1. The molecule has 0 aliphatic rings. The average molecular weight is 274 g/mol. The van der Waals surface area contributed by atoms with Crippen LogP contribution in [0.4, 0.5) is 0 Å². The van der Waals surface area contributed by atoms with Crippen molar-refractivity contribution in [1.82, 2.24) is 10.3 Å². The van der Waals surface area contributed by atoms with Crippen molar-refractivity contribution in [3.8, 4) is 0 Å². The predicted molar refractivity (Wildman–Crippen MR) is 88.3 cm³/mol. The first-order valence-electron chi connectivity index (χ1n) is 6.34. The van der Waals surface area contributed by atoms with Crippen molar-refractivity contribution in [3.05, 3.63) is 66.2 Å². The molecule has 0 unspecified atom stereocenters. The Morgan fingerprint density at radius 2 is 2.05 bits per heavy atom. The van der Waals surface area contributed by atoms with E-state index in [4.69, 9.17) is 12.2 Å². The van der Waals surface area contributed by atoms with Gasteiger partial charge in [-0.15, -0.1) is 0 Å². The number of hydrogen-bond acceptors (Lipinski definition) is 2. The second-order valence-corrected chi connectivity index (χ2v) is 3.97. The molecule has 0 spiro atoms. The lowest BCUT2D eigenvalue weighted by atomic mass is 10.2. The Kier molecular flexibility index (Phi) is 9.27. The fourth-order valence-corrected chi connectivity index (χ4v) is 1.67. The van der Waals surface area contributed by atoms with Gasteiger partial charge in [0, 0.05) is 23.2 Å². The van der Waals surface area contributed by atoms with Crippen molar-refractivity contribution >= 4 is 17.2 Å². The van der Waals surface area contributed by atoms with Crippen molar-refractivity contribution in [2.75, 3.05) is 0 Å². The van der Waals surface area contributed by atoms with E-state index in [9.17, 15) is 0 Å². The molecule has 1 heterocycles. The summed E-state index contributed by atoms with van der Waals surface area (Å²) in [6.45, 7) is 11.5. The molecule has 0 fully saturated rings. The highest BCUT2D eigenvalue weighted by Gasteiger charge is 2.04. The summed E-state index contributed by atoms with van der Waals surface area (Å²) in [4.78, 5) is 4.90. The van der Waals surface area contributed by atoms with Gasteiger partial charge < -0.3 is 5.32 Å². The number of rotatable bonds is 4. The van der Waals surface area contributed by atoms with Crippen LogP contribution in [0.1, 0.15) is 32.0 Å². The number of aromatic nitrogens is 1. The lowest BCUT2D eigenvalue weighted by Gasteiger charge is -2.09. The molecule has 0 bridgehead atoms. The van der Waals surface area contributed by atoms with Gasteiger partial charge in [0.2, 0.25) is 0 Å². The number of aryl methyl sites for hydroxylation is 1. The first-order valence-corrected chi connectivity index (χ1v) is 6.75. The molecule has 0 aliphatic carbocycles. The van der Waals surface area contributed by atoms with Crippen LogP contribution in [0.3, 0.4) is 0 Å². The maximum Gasteiger partial charge on any atom is 0.112 e. The van der Waals surface area contributed by atoms with E-state index < -0.39 is 0 Å². The van der Waals surface area contributed by atoms with Gasteiger partial charge in [-0.1, -0.05) is 50.9 Å². The molecule has 102 valence electrons. The summed E-state index contributed by atoms with van der Waals surface area (Å²) < 4.78 is 0. The van der Waals surface area contributed by atoms with Crippen LogP contribution in [0.15, 0.2) is 54.9 Å². The number of thiocarbonyl (C=S) groups is 1. The molecule has 0 aliphatic heterocycles. The molecule has 0 atom stereocenters. The molecule has 0 saturated carbocycles. The normalized spacial score (nSPS) is 10.6. The molecule has 2 nitrogen and oxygen atoms in total.